The largest absolute Gasteiger partial charge is 0.493 e. The maximum atomic E-state index is 10.3. The molecule has 2 aromatic carbocycles. The van der Waals surface area contributed by atoms with Crippen LogP contribution in [-0.4, -0.2) is 28.2 Å². The Morgan fingerprint density at radius 2 is 2.00 bits per heavy atom. The Labute approximate surface area is 181 Å². The number of aliphatic hydroxyl groups is 1. The molecule has 0 bridgehead atoms. The number of nitrogens with one attached hydrogen (secondary N) is 2. The number of nitrogens with zero attached hydrogens (tertiary/aromatic N) is 1. The second-order valence-electron chi connectivity index (χ2n) is 6.72. The van der Waals surface area contributed by atoms with Crippen LogP contribution in [0.25, 0.3) is 11.0 Å². The van der Waals surface area contributed by atoms with E-state index in [0.717, 1.165) is 37.5 Å². The Morgan fingerprint density at radius 1 is 1.17 bits per heavy atom. The Balaban J connectivity index is 1.29. The zero-order chi connectivity index (χ0) is 20.1. The van der Waals surface area contributed by atoms with E-state index < -0.39 is 6.10 Å². The maximum absolute atomic E-state index is 10.3. The first-order valence-electron chi connectivity index (χ1n) is 9.46. The van der Waals surface area contributed by atoms with Crippen LogP contribution in [0.5, 0.6) is 5.75 Å². The standard InChI is InChI=1S/C22H22BrN3O2S/c23-16-11-21(29-14-16)19(27)13-24-12-15-5-1-4-8-20(15)28-10-9-22-25-17-6-2-3-7-18(17)26-22/h1-8,11,14,19,24,27H,9-10,12-13H2,(H,25,26)/t19-/m1/s1. The molecule has 2 aromatic heterocycles. The van der Waals surface area contributed by atoms with Gasteiger partial charge in [-0.3, -0.25) is 0 Å². The van der Waals surface area contributed by atoms with Gasteiger partial charge in [0.05, 0.1) is 17.6 Å². The summed E-state index contributed by atoms with van der Waals surface area (Å²) in [5.74, 6) is 1.77. The zero-order valence-electron chi connectivity index (χ0n) is 15.8. The van der Waals surface area contributed by atoms with Gasteiger partial charge >= 0.3 is 0 Å². The fourth-order valence-electron chi connectivity index (χ4n) is 3.12. The molecule has 0 aliphatic heterocycles. The number of aromatic amines is 1. The first-order valence-corrected chi connectivity index (χ1v) is 11.1. The third kappa shape index (κ3) is 5.25. The summed E-state index contributed by atoms with van der Waals surface area (Å²) in [6.07, 6.45) is 0.190. The molecule has 3 N–H and O–H groups in total. The fraction of sp³-hybridized carbons (Fsp3) is 0.227. The summed E-state index contributed by atoms with van der Waals surface area (Å²) in [6.45, 7) is 1.66. The molecule has 0 aliphatic carbocycles. The Kier molecular flexibility index (Phi) is 6.61. The number of imidazole rings is 1. The molecule has 150 valence electrons. The van der Waals surface area contributed by atoms with Crippen LogP contribution in [0.1, 0.15) is 22.4 Å². The van der Waals surface area contributed by atoms with E-state index in [1.54, 1.807) is 11.3 Å². The highest BCUT2D eigenvalue weighted by atomic mass is 79.9. The molecule has 2 heterocycles. The van der Waals surface area contributed by atoms with Crippen molar-refractivity contribution in [2.45, 2.75) is 19.1 Å². The number of ether oxygens (including phenoxy) is 1. The summed E-state index contributed by atoms with van der Waals surface area (Å²) in [7, 11) is 0. The van der Waals surface area contributed by atoms with E-state index >= 15 is 0 Å². The van der Waals surface area contributed by atoms with Crippen molar-refractivity contribution in [2.75, 3.05) is 13.2 Å². The van der Waals surface area contributed by atoms with Crippen LogP contribution < -0.4 is 10.1 Å². The minimum absolute atomic E-state index is 0.486. The molecule has 0 amide bonds. The Morgan fingerprint density at radius 3 is 2.83 bits per heavy atom. The normalized spacial score (nSPS) is 12.3. The van der Waals surface area contributed by atoms with E-state index in [9.17, 15) is 5.11 Å². The van der Waals surface area contributed by atoms with Crippen LogP contribution in [0.4, 0.5) is 0 Å². The summed E-state index contributed by atoms with van der Waals surface area (Å²) >= 11 is 4.97. The first-order chi connectivity index (χ1) is 14.2. The van der Waals surface area contributed by atoms with E-state index in [1.165, 1.54) is 0 Å². The summed E-state index contributed by atoms with van der Waals surface area (Å²) < 4.78 is 7.02. The van der Waals surface area contributed by atoms with E-state index in [0.29, 0.717) is 26.1 Å². The van der Waals surface area contributed by atoms with Crippen molar-refractivity contribution in [2.24, 2.45) is 0 Å². The predicted octanol–water partition coefficient (Wildman–Crippen LogP) is 4.83. The lowest BCUT2D eigenvalue weighted by Gasteiger charge is -2.13. The SMILES string of the molecule is O[C@H](CNCc1ccccc1OCCc1nc2ccccc2[nH]1)c1cc(Br)cs1. The summed E-state index contributed by atoms with van der Waals surface area (Å²) in [5.41, 5.74) is 3.09. The van der Waals surface area contributed by atoms with Gasteiger partial charge in [-0.1, -0.05) is 30.3 Å². The van der Waals surface area contributed by atoms with E-state index in [4.69, 9.17) is 4.74 Å². The van der Waals surface area contributed by atoms with Gasteiger partial charge in [0.1, 0.15) is 17.7 Å². The average molecular weight is 472 g/mol. The molecule has 4 rings (SSSR count). The van der Waals surface area contributed by atoms with Crippen LogP contribution in [-0.2, 0) is 13.0 Å². The van der Waals surface area contributed by atoms with E-state index in [1.807, 2.05) is 60.0 Å². The summed E-state index contributed by atoms with van der Waals surface area (Å²) in [4.78, 5) is 8.86. The number of hydrogen-bond acceptors (Lipinski definition) is 5. The quantitative estimate of drug-likeness (QED) is 0.326. The van der Waals surface area contributed by atoms with Crippen LogP contribution >= 0.6 is 27.3 Å². The molecule has 7 heteroatoms. The predicted molar refractivity (Wildman–Crippen MR) is 120 cm³/mol. The van der Waals surface area contributed by atoms with Crippen LogP contribution in [0.3, 0.4) is 0 Å². The van der Waals surface area contributed by atoms with Gasteiger partial charge in [0, 0.05) is 39.8 Å². The topological polar surface area (TPSA) is 70.2 Å². The first kappa shape index (κ1) is 20.1. The smallest absolute Gasteiger partial charge is 0.123 e. The maximum Gasteiger partial charge on any atom is 0.123 e. The number of fused-ring (bicyclic) bond motifs is 1. The van der Waals surface area contributed by atoms with Crippen molar-refractivity contribution in [1.82, 2.24) is 15.3 Å². The lowest BCUT2D eigenvalue weighted by molar-refractivity contribution is 0.178. The highest BCUT2D eigenvalue weighted by Gasteiger charge is 2.11. The molecule has 0 fully saturated rings. The number of benzene rings is 2. The van der Waals surface area contributed by atoms with Crippen LogP contribution in [0.2, 0.25) is 0 Å². The summed E-state index contributed by atoms with van der Waals surface area (Å²) in [6, 6.07) is 17.9. The molecule has 0 saturated carbocycles. The second kappa shape index (κ2) is 9.54. The number of hydrogen-bond donors (Lipinski definition) is 3. The van der Waals surface area contributed by atoms with Crippen molar-refractivity contribution in [3.05, 3.63) is 80.7 Å². The highest BCUT2D eigenvalue weighted by molar-refractivity contribution is 9.10. The van der Waals surface area contributed by atoms with Gasteiger partial charge in [0.2, 0.25) is 0 Å². The molecule has 0 saturated heterocycles. The molecular weight excluding hydrogens is 450 g/mol. The second-order valence-corrected chi connectivity index (χ2v) is 8.58. The number of halogens is 1. The number of aliphatic hydroxyl groups excluding tert-OH is 1. The molecule has 1 atom stereocenters. The minimum Gasteiger partial charge on any atom is -0.493 e. The number of H-pyrrole nitrogens is 1. The molecule has 5 nitrogen and oxygen atoms in total. The monoisotopic (exact) mass is 471 g/mol. The molecule has 0 unspecified atom stereocenters. The molecule has 29 heavy (non-hydrogen) atoms. The van der Waals surface area contributed by atoms with Gasteiger partial charge in [0.25, 0.3) is 0 Å². The lowest BCUT2D eigenvalue weighted by atomic mass is 10.2. The van der Waals surface area contributed by atoms with Crippen molar-refractivity contribution >= 4 is 38.3 Å². The van der Waals surface area contributed by atoms with Crippen LogP contribution in [0, 0.1) is 0 Å². The highest BCUT2D eigenvalue weighted by Crippen LogP contribution is 2.25. The van der Waals surface area contributed by atoms with Gasteiger partial charge in [-0.25, -0.2) is 4.98 Å². The zero-order valence-corrected chi connectivity index (χ0v) is 18.2. The third-order valence-corrected chi connectivity index (χ3v) is 6.37. The van der Waals surface area contributed by atoms with E-state index in [2.05, 4.69) is 31.2 Å². The van der Waals surface area contributed by atoms with Crippen molar-refractivity contribution < 1.29 is 9.84 Å². The number of thiophene rings is 1. The van der Waals surface area contributed by atoms with Gasteiger partial charge in [0.15, 0.2) is 0 Å². The molecular formula is C22H22BrN3O2S. The van der Waals surface area contributed by atoms with E-state index in [-0.39, 0.29) is 0 Å². The third-order valence-electron chi connectivity index (χ3n) is 4.58. The van der Waals surface area contributed by atoms with Crippen LogP contribution in [0.15, 0.2) is 64.5 Å². The van der Waals surface area contributed by atoms with Gasteiger partial charge in [-0.2, -0.15) is 0 Å². The Hall–Kier alpha value is -2.19. The van der Waals surface area contributed by atoms with Gasteiger partial charge in [-0.15, -0.1) is 11.3 Å². The van der Waals surface area contributed by atoms with Gasteiger partial charge < -0.3 is 20.1 Å². The molecule has 0 radical (unpaired) electrons. The van der Waals surface area contributed by atoms with Gasteiger partial charge in [-0.05, 0) is 40.2 Å². The number of para-hydroxylation sites is 3. The van der Waals surface area contributed by atoms with Crippen molar-refractivity contribution in [3.63, 3.8) is 0 Å². The molecule has 0 aliphatic rings. The average Bonchev–Trinajstić information content (AvgIpc) is 3.35. The van der Waals surface area contributed by atoms with Crippen molar-refractivity contribution in [1.29, 1.82) is 0 Å². The number of aromatic nitrogens is 2. The molecule has 0 spiro atoms. The molecule has 4 aromatic rings. The number of rotatable bonds is 9. The lowest BCUT2D eigenvalue weighted by Crippen LogP contribution is -2.21. The van der Waals surface area contributed by atoms with Crippen molar-refractivity contribution in [3.8, 4) is 5.75 Å². The Bertz CT molecular complexity index is 1050. The minimum atomic E-state index is -0.521. The summed E-state index contributed by atoms with van der Waals surface area (Å²) in [5, 5.41) is 15.6. The fourth-order valence-corrected chi connectivity index (χ4v) is 4.55.